The van der Waals surface area contributed by atoms with Crippen molar-refractivity contribution in [1.29, 1.82) is 0 Å². The molecule has 0 aromatic heterocycles. The molecule has 1 rings (SSSR count). The van der Waals surface area contributed by atoms with Crippen LogP contribution in [0.4, 0.5) is 0 Å². The summed E-state index contributed by atoms with van der Waals surface area (Å²) in [6.07, 6.45) is 0. The molecule has 0 saturated heterocycles. The van der Waals surface area contributed by atoms with E-state index in [-0.39, 0.29) is 0 Å². The molecule has 0 N–H and O–H groups in total. The van der Waals surface area contributed by atoms with Crippen molar-refractivity contribution in [3.8, 4) is 11.5 Å². The van der Waals surface area contributed by atoms with E-state index in [0.717, 1.165) is 22.6 Å². The molecule has 0 spiro atoms. The summed E-state index contributed by atoms with van der Waals surface area (Å²) in [7, 11) is 0. The highest BCUT2D eigenvalue weighted by Gasteiger charge is 2.05. The summed E-state index contributed by atoms with van der Waals surface area (Å²) in [6, 6.07) is 5.89. The Hall–Kier alpha value is -1.44. The zero-order valence-electron chi connectivity index (χ0n) is 9.67. The third-order valence-electron chi connectivity index (χ3n) is 2.04. The predicted molar refractivity (Wildman–Crippen MR) is 63.5 cm³/mol. The van der Waals surface area contributed by atoms with Gasteiger partial charge in [0.2, 0.25) is 0 Å². The molecule has 0 aliphatic carbocycles. The Labute approximate surface area is 91.5 Å². The topological polar surface area (TPSA) is 18.5 Å². The summed E-state index contributed by atoms with van der Waals surface area (Å²) in [6.45, 7) is 11.1. The molecule has 2 nitrogen and oxygen atoms in total. The predicted octanol–water partition coefficient (Wildman–Crippen LogP) is 3.52. The first-order valence-corrected chi connectivity index (χ1v) is 5.24. The molecule has 82 valence electrons. The van der Waals surface area contributed by atoms with Crippen molar-refractivity contribution < 1.29 is 9.47 Å². The highest BCUT2D eigenvalue weighted by molar-refractivity contribution is 5.64. The molecule has 0 heterocycles. The molecule has 0 unspecified atom stereocenters. The highest BCUT2D eigenvalue weighted by atomic mass is 16.5. The van der Waals surface area contributed by atoms with Crippen molar-refractivity contribution >= 4 is 5.57 Å². The number of hydrogen-bond acceptors (Lipinski definition) is 2. The van der Waals surface area contributed by atoms with Gasteiger partial charge in [0.15, 0.2) is 11.5 Å². The van der Waals surface area contributed by atoms with E-state index in [0.29, 0.717) is 13.2 Å². The van der Waals surface area contributed by atoms with E-state index in [1.165, 1.54) is 0 Å². The van der Waals surface area contributed by atoms with Crippen LogP contribution in [-0.4, -0.2) is 13.2 Å². The third-order valence-corrected chi connectivity index (χ3v) is 2.04. The lowest BCUT2D eigenvalue weighted by molar-refractivity contribution is 0.287. The Morgan fingerprint density at radius 2 is 1.73 bits per heavy atom. The Balaban J connectivity index is 3.02. The molecular formula is C13H18O2. The molecule has 0 aliphatic heterocycles. The van der Waals surface area contributed by atoms with Crippen molar-refractivity contribution in [2.75, 3.05) is 13.2 Å². The van der Waals surface area contributed by atoms with Gasteiger partial charge in [-0.1, -0.05) is 18.2 Å². The molecule has 0 bridgehead atoms. The lowest BCUT2D eigenvalue weighted by atomic mass is 10.1. The Morgan fingerprint density at radius 1 is 1.13 bits per heavy atom. The van der Waals surface area contributed by atoms with Crippen LogP contribution in [0.3, 0.4) is 0 Å². The maximum atomic E-state index is 5.51. The first kappa shape index (κ1) is 11.6. The van der Waals surface area contributed by atoms with Crippen LogP contribution in [0.1, 0.15) is 26.3 Å². The summed E-state index contributed by atoms with van der Waals surface area (Å²) in [5.41, 5.74) is 2.11. The summed E-state index contributed by atoms with van der Waals surface area (Å²) in [5.74, 6) is 1.59. The second-order valence-electron chi connectivity index (χ2n) is 3.31. The Bertz CT molecular complexity index is 342. The van der Waals surface area contributed by atoms with E-state index in [2.05, 4.69) is 6.58 Å². The van der Waals surface area contributed by atoms with Crippen molar-refractivity contribution in [3.63, 3.8) is 0 Å². The molecule has 0 amide bonds. The van der Waals surface area contributed by atoms with Crippen LogP contribution in [0.2, 0.25) is 0 Å². The standard InChI is InChI=1S/C13H18O2/c1-5-14-12-8-7-11(10(3)4)9-13(12)15-6-2/h7-9H,3,5-6H2,1-2,4H3. The maximum Gasteiger partial charge on any atom is 0.161 e. The second kappa shape index (κ2) is 5.44. The van der Waals surface area contributed by atoms with E-state index in [9.17, 15) is 0 Å². The zero-order chi connectivity index (χ0) is 11.3. The lowest BCUT2D eigenvalue weighted by Gasteiger charge is -2.12. The van der Waals surface area contributed by atoms with E-state index in [1.54, 1.807) is 0 Å². The van der Waals surface area contributed by atoms with E-state index in [4.69, 9.17) is 9.47 Å². The van der Waals surface area contributed by atoms with Gasteiger partial charge >= 0.3 is 0 Å². The number of allylic oxidation sites excluding steroid dienone is 1. The SMILES string of the molecule is C=C(C)c1ccc(OCC)c(OCC)c1. The molecule has 1 aromatic carbocycles. The third kappa shape index (κ3) is 3.01. The Kier molecular flexibility index (Phi) is 4.22. The summed E-state index contributed by atoms with van der Waals surface area (Å²) >= 11 is 0. The highest BCUT2D eigenvalue weighted by Crippen LogP contribution is 2.30. The molecule has 0 radical (unpaired) electrons. The minimum atomic E-state index is 0.639. The van der Waals surface area contributed by atoms with Crippen LogP contribution in [0.25, 0.3) is 5.57 Å². The van der Waals surface area contributed by atoms with Gasteiger partial charge in [0, 0.05) is 0 Å². The summed E-state index contributed by atoms with van der Waals surface area (Å²) in [5, 5.41) is 0. The first-order valence-electron chi connectivity index (χ1n) is 5.24. The minimum Gasteiger partial charge on any atom is -0.490 e. The number of hydrogen-bond donors (Lipinski definition) is 0. The molecule has 1 aromatic rings. The van der Waals surface area contributed by atoms with Crippen LogP contribution in [0.5, 0.6) is 11.5 Å². The molecule has 0 saturated carbocycles. The van der Waals surface area contributed by atoms with Crippen LogP contribution in [0.15, 0.2) is 24.8 Å². The second-order valence-corrected chi connectivity index (χ2v) is 3.31. The van der Waals surface area contributed by atoms with Gasteiger partial charge in [-0.15, -0.1) is 0 Å². The van der Waals surface area contributed by atoms with Gasteiger partial charge in [-0.25, -0.2) is 0 Å². The van der Waals surface area contributed by atoms with Crippen molar-refractivity contribution in [1.82, 2.24) is 0 Å². The fourth-order valence-corrected chi connectivity index (χ4v) is 1.32. The minimum absolute atomic E-state index is 0.639. The fraction of sp³-hybridized carbons (Fsp3) is 0.385. The van der Waals surface area contributed by atoms with Crippen LogP contribution >= 0.6 is 0 Å². The van der Waals surface area contributed by atoms with E-state index < -0.39 is 0 Å². The van der Waals surface area contributed by atoms with Crippen molar-refractivity contribution in [2.45, 2.75) is 20.8 Å². The quantitative estimate of drug-likeness (QED) is 0.734. The molecular weight excluding hydrogens is 188 g/mol. The van der Waals surface area contributed by atoms with Crippen molar-refractivity contribution in [2.24, 2.45) is 0 Å². The first-order chi connectivity index (χ1) is 7.19. The van der Waals surface area contributed by atoms with E-state index >= 15 is 0 Å². The van der Waals surface area contributed by atoms with Gasteiger partial charge < -0.3 is 9.47 Å². The molecule has 15 heavy (non-hydrogen) atoms. The van der Waals surface area contributed by atoms with Gasteiger partial charge in [0.25, 0.3) is 0 Å². The molecule has 2 heteroatoms. The average Bonchev–Trinajstić information content (AvgIpc) is 2.21. The van der Waals surface area contributed by atoms with Gasteiger partial charge in [-0.3, -0.25) is 0 Å². The zero-order valence-corrected chi connectivity index (χ0v) is 9.67. The lowest BCUT2D eigenvalue weighted by Crippen LogP contribution is -1.98. The van der Waals surface area contributed by atoms with Gasteiger partial charge in [-0.2, -0.15) is 0 Å². The smallest absolute Gasteiger partial charge is 0.161 e. The number of benzene rings is 1. The van der Waals surface area contributed by atoms with Crippen molar-refractivity contribution in [3.05, 3.63) is 30.3 Å². The fourth-order valence-electron chi connectivity index (χ4n) is 1.32. The molecule has 0 aliphatic rings. The summed E-state index contributed by atoms with van der Waals surface area (Å²) in [4.78, 5) is 0. The van der Waals surface area contributed by atoms with Gasteiger partial charge in [-0.05, 0) is 38.5 Å². The largest absolute Gasteiger partial charge is 0.490 e. The monoisotopic (exact) mass is 206 g/mol. The van der Waals surface area contributed by atoms with Crippen LogP contribution in [-0.2, 0) is 0 Å². The van der Waals surface area contributed by atoms with E-state index in [1.807, 2.05) is 39.0 Å². The van der Waals surface area contributed by atoms with Gasteiger partial charge in [0.1, 0.15) is 0 Å². The molecule has 0 fully saturated rings. The average molecular weight is 206 g/mol. The van der Waals surface area contributed by atoms with Crippen LogP contribution in [0, 0.1) is 0 Å². The van der Waals surface area contributed by atoms with Crippen LogP contribution < -0.4 is 9.47 Å². The van der Waals surface area contributed by atoms with Gasteiger partial charge in [0.05, 0.1) is 13.2 Å². The summed E-state index contributed by atoms with van der Waals surface area (Å²) < 4.78 is 11.0. The maximum absolute atomic E-state index is 5.51. The normalized spacial score (nSPS) is 9.80. The Morgan fingerprint density at radius 3 is 2.27 bits per heavy atom. The molecule has 0 atom stereocenters. The number of ether oxygens (including phenoxy) is 2. The number of rotatable bonds is 5.